The highest BCUT2D eigenvalue weighted by Crippen LogP contribution is 2.21. The summed E-state index contributed by atoms with van der Waals surface area (Å²) < 4.78 is 11.6. The molecule has 0 radical (unpaired) electrons. The molecule has 0 saturated carbocycles. The largest absolute Gasteiger partial charge is 0.493 e. The molecule has 0 aliphatic rings. The molecule has 1 atom stereocenters. The van der Waals surface area contributed by atoms with Crippen molar-refractivity contribution in [2.75, 3.05) is 33.0 Å². The Bertz CT molecular complexity index is 1150. The van der Waals surface area contributed by atoms with E-state index in [1.165, 1.54) is 11.1 Å². The predicted octanol–water partition coefficient (Wildman–Crippen LogP) is 5.31. The quantitative estimate of drug-likeness (QED) is 0.234. The molecule has 6 nitrogen and oxygen atoms in total. The van der Waals surface area contributed by atoms with Crippen LogP contribution in [0.3, 0.4) is 0 Å². The summed E-state index contributed by atoms with van der Waals surface area (Å²) in [5.74, 6) is 3.60. The van der Waals surface area contributed by atoms with Crippen LogP contribution in [0.4, 0.5) is 0 Å². The van der Waals surface area contributed by atoms with Gasteiger partial charge in [-0.05, 0) is 55.9 Å². The predicted molar refractivity (Wildman–Crippen MR) is 147 cm³/mol. The second kappa shape index (κ2) is 13.8. The highest BCUT2D eigenvalue weighted by atomic mass is 32.2. The summed E-state index contributed by atoms with van der Waals surface area (Å²) in [7, 11) is 4.23. The third-order valence-electron chi connectivity index (χ3n) is 5.64. The summed E-state index contributed by atoms with van der Waals surface area (Å²) in [4.78, 5) is 2.23. The van der Waals surface area contributed by atoms with Gasteiger partial charge in [-0.15, -0.1) is 22.0 Å². The van der Waals surface area contributed by atoms with Gasteiger partial charge in [-0.25, -0.2) is 0 Å². The number of likely N-dealkylation sites (N-methyl/N-ethyl adjacent to an activating group) is 1. The minimum absolute atomic E-state index is 0.371. The Hall–Kier alpha value is -3.13. The summed E-state index contributed by atoms with van der Waals surface area (Å²) in [5, 5.41) is 12.2. The molecule has 1 aromatic heterocycles. The van der Waals surface area contributed by atoms with Crippen LogP contribution in [0.25, 0.3) is 11.5 Å². The molecule has 1 heterocycles. The lowest BCUT2D eigenvalue weighted by Crippen LogP contribution is -2.39. The standard InChI is InChI=1S/C29H34N4O2S/c1-33(2)21-26(19-23-9-5-3-6-10-23)30-20-24-13-15-25(16-14-24)29-32-31-28(35-29)22-36-18-17-34-27-11-7-4-8-12-27/h3-16,26,30H,17-22H2,1-2H3. The first-order chi connectivity index (χ1) is 17.7. The Morgan fingerprint density at radius 3 is 2.33 bits per heavy atom. The lowest BCUT2D eigenvalue weighted by atomic mass is 10.0. The van der Waals surface area contributed by atoms with E-state index >= 15 is 0 Å². The van der Waals surface area contributed by atoms with Gasteiger partial charge in [-0.3, -0.25) is 0 Å². The summed E-state index contributed by atoms with van der Waals surface area (Å²) >= 11 is 1.72. The van der Waals surface area contributed by atoms with E-state index in [2.05, 4.69) is 77.0 Å². The number of hydrogen-bond donors (Lipinski definition) is 1. The zero-order valence-electron chi connectivity index (χ0n) is 21.0. The number of nitrogens with zero attached hydrogens (tertiary/aromatic N) is 3. The fraction of sp³-hybridized carbons (Fsp3) is 0.310. The maximum Gasteiger partial charge on any atom is 0.247 e. The van der Waals surface area contributed by atoms with E-state index in [1.807, 2.05) is 42.5 Å². The van der Waals surface area contributed by atoms with Gasteiger partial charge in [0.15, 0.2) is 0 Å². The number of benzene rings is 3. The van der Waals surface area contributed by atoms with E-state index in [4.69, 9.17) is 9.15 Å². The summed E-state index contributed by atoms with van der Waals surface area (Å²) in [6.45, 7) is 2.43. The van der Waals surface area contributed by atoms with Crippen molar-refractivity contribution in [2.24, 2.45) is 0 Å². The lowest BCUT2D eigenvalue weighted by molar-refractivity contribution is 0.334. The maximum atomic E-state index is 5.88. The molecule has 0 saturated heterocycles. The summed E-state index contributed by atoms with van der Waals surface area (Å²) in [6.07, 6.45) is 0.998. The molecule has 7 heteroatoms. The smallest absolute Gasteiger partial charge is 0.247 e. The van der Waals surface area contributed by atoms with Crippen LogP contribution in [0.1, 0.15) is 17.0 Å². The topological polar surface area (TPSA) is 63.4 Å². The lowest BCUT2D eigenvalue weighted by Gasteiger charge is -2.23. The van der Waals surface area contributed by atoms with E-state index in [0.29, 0.717) is 30.2 Å². The van der Waals surface area contributed by atoms with Crippen LogP contribution in [0, 0.1) is 0 Å². The molecule has 0 bridgehead atoms. The van der Waals surface area contributed by atoms with Crippen LogP contribution < -0.4 is 10.1 Å². The Balaban J connectivity index is 1.23. The van der Waals surface area contributed by atoms with Gasteiger partial charge >= 0.3 is 0 Å². The number of thioether (sulfide) groups is 1. The van der Waals surface area contributed by atoms with Gasteiger partial charge in [-0.1, -0.05) is 60.7 Å². The number of rotatable bonds is 14. The molecule has 36 heavy (non-hydrogen) atoms. The number of aromatic nitrogens is 2. The van der Waals surface area contributed by atoms with Gasteiger partial charge in [0.25, 0.3) is 0 Å². The van der Waals surface area contributed by atoms with Crippen molar-refractivity contribution in [1.29, 1.82) is 0 Å². The fourth-order valence-corrected chi connectivity index (χ4v) is 4.53. The highest BCUT2D eigenvalue weighted by Gasteiger charge is 2.12. The van der Waals surface area contributed by atoms with Crippen molar-refractivity contribution >= 4 is 11.8 Å². The molecule has 188 valence electrons. The number of para-hydroxylation sites is 1. The third kappa shape index (κ3) is 8.52. The van der Waals surface area contributed by atoms with E-state index in [-0.39, 0.29) is 0 Å². The van der Waals surface area contributed by atoms with Gasteiger partial charge in [0.1, 0.15) is 5.75 Å². The number of ether oxygens (including phenoxy) is 1. The molecular formula is C29H34N4O2S. The van der Waals surface area contributed by atoms with Crippen LogP contribution >= 0.6 is 11.8 Å². The second-order valence-electron chi connectivity index (χ2n) is 8.94. The monoisotopic (exact) mass is 502 g/mol. The van der Waals surface area contributed by atoms with Gasteiger partial charge in [0.2, 0.25) is 11.8 Å². The molecule has 0 spiro atoms. The first-order valence-corrected chi connectivity index (χ1v) is 13.4. The Kier molecular flexibility index (Phi) is 9.96. The molecule has 0 aliphatic heterocycles. The van der Waals surface area contributed by atoms with Gasteiger partial charge in [0, 0.05) is 30.4 Å². The third-order valence-corrected chi connectivity index (χ3v) is 6.54. The van der Waals surface area contributed by atoms with Crippen LogP contribution in [0.15, 0.2) is 89.3 Å². The summed E-state index contributed by atoms with van der Waals surface area (Å²) in [5.41, 5.74) is 3.51. The number of hydrogen-bond acceptors (Lipinski definition) is 7. The molecule has 4 aromatic rings. The molecule has 4 rings (SSSR count). The van der Waals surface area contributed by atoms with E-state index in [1.54, 1.807) is 11.8 Å². The van der Waals surface area contributed by atoms with E-state index < -0.39 is 0 Å². The average Bonchev–Trinajstić information content (AvgIpc) is 3.37. The molecule has 0 aliphatic carbocycles. The summed E-state index contributed by atoms with van der Waals surface area (Å²) in [6, 6.07) is 29.2. The minimum Gasteiger partial charge on any atom is -0.493 e. The van der Waals surface area contributed by atoms with E-state index in [9.17, 15) is 0 Å². The molecule has 0 fully saturated rings. The average molecular weight is 503 g/mol. The zero-order valence-corrected chi connectivity index (χ0v) is 21.8. The first-order valence-electron chi connectivity index (χ1n) is 12.2. The van der Waals surface area contributed by atoms with Gasteiger partial charge in [-0.2, -0.15) is 0 Å². The van der Waals surface area contributed by atoms with Crippen LogP contribution in [0.5, 0.6) is 5.75 Å². The molecule has 0 amide bonds. The number of nitrogens with one attached hydrogen (secondary N) is 1. The van der Waals surface area contributed by atoms with Gasteiger partial charge in [0.05, 0.1) is 12.4 Å². The zero-order chi connectivity index (χ0) is 25.0. The second-order valence-corrected chi connectivity index (χ2v) is 10.0. The van der Waals surface area contributed by atoms with Crippen molar-refractivity contribution in [2.45, 2.75) is 24.8 Å². The normalized spacial score (nSPS) is 12.1. The van der Waals surface area contributed by atoms with Crippen LogP contribution in [-0.4, -0.2) is 54.1 Å². The Labute approximate surface area is 218 Å². The highest BCUT2D eigenvalue weighted by molar-refractivity contribution is 7.98. The van der Waals surface area contributed by atoms with Crippen LogP contribution in [0.2, 0.25) is 0 Å². The molecule has 1 unspecified atom stereocenters. The van der Waals surface area contributed by atoms with Crippen molar-refractivity contribution in [1.82, 2.24) is 20.4 Å². The van der Waals surface area contributed by atoms with Crippen molar-refractivity contribution < 1.29 is 9.15 Å². The molecule has 3 aromatic carbocycles. The molecule has 1 N–H and O–H groups in total. The maximum absolute atomic E-state index is 5.88. The molecular weight excluding hydrogens is 468 g/mol. The van der Waals surface area contributed by atoms with Crippen molar-refractivity contribution in [3.63, 3.8) is 0 Å². The SMILES string of the molecule is CN(C)CC(Cc1ccccc1)NCc1ccc(-c2nnc(CSCCOc3ccccc3)o2)cc1. The fourth-order valence-electron chi connectivity index (χ4n) is 3.89. The first kappa shape index (κ1) is 25.9. The van der Waals surface area contributed by atoms with Gasteiger partial charge < -0.3 is 19.4 Å². The Morgan fingerprint density at radius 1 is 0.889 bits per heavy atom. The Morgan fingerprint density at radius 2 is 1.61 bits per heavy atom. The van der Waals surface area contributed by atoms with Crippen molar-refractivity contribution in [3.05, 3.63) is 102 Å². The van der Waals surface area contributed by atoms with Crippen molar-refractivity contribution in [3.8, 4) is 17.2 Å². The van der Waals surface area contributed by atoms with Crippen LogP contribution in [-0.2, 0) is 18.7 Å². The minimum atomic E-state index is 0.371. The van der Waals surface area contributed by atoms with E-state index in [0.717, 1.165) is 36.6 Å².